The van der Waals surface area contributed by atoms with E-state index in [9.17, 15) is 5.26 Å². The molecule has 1 atom stereocenters. The molecular weight excluding hydrogens is 374 g/mol. The number of rotatable bonds is 5. The lowest BCUT2D eigenvalue weighted by Gasteiger charge is -2.43. The molecule has 1 aromatic carbocycles. The lowest BCUT2D eigenvalue weighted by molar-refractivity contribution is 0.246. The van der Waals surface area contributed by atoms with Crippen molar-refractivity contribution in [2.75, 3.05) is 37.4 Å². The van der Waals surface area contributed by atoms with Gasteiger partial charge in [0.1, 0.15) is 5.82 Å². The number of hydrogen-bond acceptors (Lipinski definition) is 7. The maximum absolute atomic E-state index is 9.34. The first-order chi connectivity index (χ1) is 14.4. The van der Waals surface area contributed by atoms with E-state index in [0.29, 0.717) is 11.6 Å². The second kappa shape index (κ2) is 7.88. The number of aryl methyl sites for hydroxylation is 1. The van der Waals surface area contributed by atoms with Gasteiger partial charge in [-0.05, 0) is 58.1 Å². The minimum atomic E-state index is -0.0164. The summed E-state index contributed by atoms with van der Waals surface area (Å²) in [6.07, 6.45) is 1.90. The summed E-state index contributed by atoms with van der Waals surface area (Å²) in [6, 6.07) is 10.7. The van der Waals surface area contributed by atoms with E-state index < -0.39 is 0 Å². The SMILES string of the molecule is Cc1c(C#N)cccc1[C@@H](C)Nc1nnc(C)c2cnc(N3CC(N(C)C)C3)cc12. The van der Waals surface area contributed by atoms with Crippen LogP contribution in [0.2, 0.25) is 0 Å². The number of nitrogens with one attached hydrogen (secondary N) is 1. The van der Waals surface area contributed by atoms with Crippen molar-refractivity contribution in [3.8, 4) is 6.07 Å². The van der Waals surface area contributed by atoms with E-state index in [1.54, 1.807) is 0 Å². The van der Waals surface area contributed by atoms with Crippen molar-refractivity contribution in [2.24, 2.45) is 0 Å². The summed E-state index contributed by atoms with van der Waals surface area (Å²) in [6.45, 7) is 7.97. The number of nitrogens with zero attached hydrogens (tertiary/aromatic N) is 6. The van der Waals surface area contributed by atoms with Gasteiger partial charge in [-0.1, -0.05) is 12.1 Å². The molecule has 4 rings (SSSR count). The standard InChI is InChI=1S/C23H27N7/c1-14-17(10-24)7-6-8-19(14)15(2)26-23-20-9-22(30-12-18(13-30)29(4)5)25-11-21(20)16(3)27-28-23/h6-9,11,15,18H,12-13H2,1-5H3,(H,26,28)/t15-/m1/s1. The number of pyridine rings is 1. The number of nitriles is 1. The maximum atomic E-state index is 9.34. The van der Waals surface area contributed by atoms with Crippen LogP contribution in [0, 0.1) is 25.2 Å². The number of hydrogen-bond donors (Lipinski definition) is 1. The summed E-state index contributed by atoms with van der Waals surface area (Å²) in [5.74, 6) is 1.70. The van der Waals surface area contributed by atoms with Crippen molar-refractivity contribution in [3.05, 3.63) is 52.8 Å². The van der Waals surface area contributed by atoms with Gasteiger partial charge in [0.15, 0.2) is 5.82 Å². The van der Waals surface area contributed by atoms with Crippen molar-refractivity contribution >= 4 is 22.4 Å². The molecule has 1 saturated heterocycles. The van der Waals surface area contributed by atoms with Crippen LogP contribution in [-0.4, -0.2) is 53.3 Å². The Morgan fingerprint density at radius 2 is 1.97 bits per heavy atom. The van der Waals surface area contributed by atoms with Gasteiger partial charge in [-0.25, -0.2) is 4.98 Å². The first-order valence-electron chi connectivity index (χ1n) is 10.2. The molecule has 30 heavy (non-hydrogen) atoms. The zero-order chi connectivity index (χ0) is 21.4. The van der Waals surface area contributed by atoms with Gasteiger partial charge in [-0.3, -0.25) is 0 Å². The molecule has 1 fully saturated rings. The summed E-state index contributed by atoms with van der Waals surface area (Å²) >= 11 is 0. The number of benzene rings is 1. The lowest BCUT2D eigenvalue weighted by Crippen LogP contribution is -2.57. The van der Waals surface area contributed by atoms with E-state index in [0.717, 1.165) is 52.3 Å². The molecule has 7 heteroatoms. The first-order valence-corrected chi connectivity index (χ1v) is 10.2. The minimum Gasteiger partial charge on any atom is -0.362 e. The Kier molecular flexibility index (Phi) is 5.27. The fourth-order valence-electron chi connectivity index (χ4n) is 3.94. The van der Waals surface area contributed by atoms with Gasteiger partial charge >= 0.3 is 0 Å². The molecule has 3 heterocycles. The van der Waals surface area contributed by atoms with Crippen LogP contribution in [0.4, 0.5) is 11.6 Å². The van der Waals surface area contributed by atoms with Crippen LogP contribution in [-0.2, 0) is 0 Å². The van der Waals surface area contributed by atoms with Crippen LogP contribution in [0.1, 0.15) is 35.3 Å². The Morgan fingerprint density at radius 3 is 2.67 bits per heavy atom. The zero-order valence-electron chi connectivity index (χ0n) is 18.1. The monoisotopic (exact) mass is 401 g/mol. The molecule has 1 aliphatic rings. The van der Waals surface area contributed by atoms with E-state index in [4.69, 9.17) is 0 Å². The van der Waals surface area contributed by atoms with Gasteiger partial charge < -0.3 is 15.1 Å². The summed E-state index contributed by atoms with van der Waals surface area (Å²) in [4.78, 5) is 9.21. The van der Waals surface area contributed by atoms with Gasteiger partial charge in [0, 0.05) is 36.1 Å². The van der Waals surface area contributed by atoms with Crippen LogP contribution in [0.3, 0.4) is 0 Å². The molecule has 0 amide bonds. The minimum absolute atomic E-state index is 0.0164. The average molecular weight is 402 g/mol. The molecule has 0 unspecified atom stereocenters. The summed E-state index contributed by atoms with van der Waals surface area (Å²) in [5.41, 5.74) is 3.62. The highest BCUT2D eigenvalue weighted by Gasteiger charge is 2.29. The Hall–Kier alpha value is -3.24. The normalized spacial score (nSPS) is 15.2. The molecule has 0 spiro atoms. The molecule has 7 nitrogen and oxygen atoms in total. The highest BCUT2D eigenvalue weighted by atomic mass is 15.3. The molecule has 154 valence electrons. The molecule has 1 N–H and O–H groups in total. The van der Waals surface area contributed by atoms with Crippen molar-refractivity contribution in [1.82, 2.24) is 20.1 Å². The molecule has 0 radical (unpaired) electrons. The molecule has 1 aliphatic heterocycles. The summed E-state index contributed by atoms with van der Waals surface area (Å²) < 4.78 is 0. The van der Waals surface area contributed by atoms with Gasteiger partial charge in [-0.2, -0.15) is 10.4 Å². The Labute approximate surface area is 177 Å². The lowest BCUT2D eigenvalue weighted by atomic mass is 9.98. The summed E-state index contributed by atoms with van der Waals surface area (Å²) in [5, 5.41) is 23.6. The van der Waals surface area contributed by atoms with Crippen LogP contribution in [0.15, 0.2) is 30.5 Å². The van der Waals surface area contributed by atoms with E-state index in [-0.39, 0.29) is 6.04 Å². The quantitative estimate of drug-likeness (QED) is 0.701. The molecular formula is C23H27N7. The van der Waals surface area contributed by atoms with Gasteiger partial charge in [0.25, 0.3) is 0 Å². The third-order valence-corrected chi connectivity index (χ3v) is 6.07. The van der Waals surface area contributed by atoms with E-state index >= 15 is 0 Å². The molecule has 0 saturated carbocycles. The second-order valence-electron chi connectivity index (χ2n) is 8.24. The van der Waals surface area contributed by atoms with E-state index in [1.807, 2.05) is 38.2 Å². The van der Waals surface area contributed by atoms with E-state index in [1.165, 1.54) is 0 Å². The third kappa shape index (κ3) is 3.55. The maximum Gasteiger partial charge on any atom is 0.157 e. The first kappa shape index (κ1) is 20.0. The van der Waals surface area contributed by atoms with Crippen LogP contribution < -0.4 is 10.2 Å². The second-order valence-corrected chi connectivity index (χ2v) is 8.24. The fraction of sp³-hybridized carbons (Fsp3) is 0.391. The topological polar surface area (TPSA) is 81.0 Å². The van der Waals surface area contributed by atoms with Crippen molar-refractivity contribution in [3.63, 3.8) is 0 Å². The van der Waals surface area contributed by atoms with Crippen molar-refractivity contribution in [2.45, 2.75) is 32.9 Å². The Morgan fingerprint density at radius 1 is 1.20 bits per heavy atom. The molecule has 0 aliphatic carbocycles. The molecule has 3 aromatic rings. The fourth-order valence-corrected chi connectivity index (χ4v) is 3.94. The van der Waals surface area contributed by atoms with Crippen molar-refractivity contribution in [1.29, 1.82) is 5.26 Å². The average Bonchev–Trinajstić information content (AvgIpc) is 2.69. The third-order valence-electron chi connectivity index (χ3n) is 6.07. The van der Waals surface area contributed by atoms with Crippen LogP contribution in [0.5, 0.6) is 0 Å². The largest absolute Gasteiger partial charge is 0.362 e. The smallest absolute Gasteiger partial charge is 0.157 e. The van der Waals surface area contributed by atoms with Gasteiger partial charge in [0.05, 0.1) is 23.4 Å². The van der Waals surface area contributed by atoms with Crippen LogP contribution >= 0.6 is 0 Å². The van der Waals surface area contributed by atoms with Gasteiger partial charge in [0.2, 0.25) is 0 Å². The van der Waals surface area contributed by atoms with E-state index in [2.05, 4.69) is 63.5 Å². The van der Waals surface area contributed by atoms with Crippen molar-refractivity contribution < 1.29 is 0 Å². The summed E-state index contributed by atoms with van der Waals surface area (Å²) in [7, 11) is 4.23. The Balaban J connectivity index is 1.66. The van der Waals surface area contributed by atoms with Gasteiger partial charge in [-0.15, -0.1) is 5.10 Å². The molecule has 2 aromatic heterocycles. The predicted octanol–water partition coefficient (Wildman–Crippen LogP) is 3.44. The number of aromatic nitrogens is 3. The Bertz CT molecular complexity index is 1130. The highest BCUT2D eigenvalue weighted by molar-refractivity contribution is 5.94. The number of fused-ring (bicyclic) bond motifs is 1. The molecule has 0 bridgehead atoms. The zero-order valence-corrected chi connectivity index (χ0v) is 18.1. The number of likely N-dealkylation sites (N-methyl/N-ethyl adjacent to an activating group) is 1. The van der Waals surface area contributed by atoms with Crippen LogP contribution in [0.25, 0.3) is 10.8 Å². The number of anilines is 2. The highest BCUT2D eigenvalue weighted by Crippen LogP contribution is 2.31. The predicted molar refractivity (Wildman–Crippen MR) is 120 cm³/mol.